The number of carbonyl (C=O) groups excluding carboxylic acids is 2. The number of rotatable bonds is 6. The zero-order chi connectivity index (χ0) is 20.8. The molecule has 0 unspecified atom stereocenters. The van der Waals surface area contributed by atoms with Crippen molar-refractivity contribution in [2.45, 2.75) is 13.5 Å². The number of nitrogens with one attached hydrogen (secondary N) is 1. The molecule has 1 N–H and O–H groups in total. The van der Waals surface area contributed by atoms with E-state index < -0.39 is 11.9 Å². The van der Waals surface area contributed by atoms with Crippen molar-refractivity contribution in [3.63, 3.8) is 0 Å². The lowest BCUT2D eigenvalue weighted by Gasteiger charge is -2.09. The summed E-state index contributed by atoms with van der Waals surface area (Å²) in [5, 5.41) is 3.27. The second kappa shape index (κ2) is 9.16. The molecule has 0 atom stereocenters. The Labute approximate surface area is 171 Å². The molecule has 0 aliphatic carbocycles. The molecule has 0 radical (unpaired) electrons. The van der Waals surface area contributed by atoms with E-state index in [1.165, 1.54) is 17.0 Å². The van der Waals surface area contributed by atoms with Gasteiger partial charge in [0.05, 0.1) is 24.2 Å². The molecule has 0 aliphatic heterocycles. The van der Waals surface area contributed by atoms with Gasteiger partial charge in [0.2, 0.25) is 5.91 Å². The number of hydrogen-bond donors (Lipinski definition) is 1. The Balaban J connectivity index is 1.65. The van der Waals surface area contributed by atoms with E-state index in [0.29, 0.717) is 22.0 Å². The Morgan fingerprint density at radius 1 is 1.10 bits per heavy atom. The summed E-state index contributed by atoms with van der Waals surface area (Å²) in [6.45, 7) is 1.83. The second-order valence-corrected chi connectivity index (χ2v) is 6.53. The van der Waals surface area contributed by atoms with Gasteiger partial charge in [0.1, 0.15) is 6.54 Å². The van der Waals surface area contributed by atoms with E-state index in [1.807, 2.05) is 0 Å². The summed E-state index contributed by atoms with van der Waals surface area (Å²) >= 11 is 5.86. The Morgan fingerprint density at radius 2 is 1.79 bits per heavy atom. The monoisotopic (exact) mass is 411 g/mol. The standard InChI is InChI=1S/C21H18ClN3O4/c1-2-29-21(28)15-5-9-17(10-6-15)24-19(26)12-25-13-23-18(11-20(25)27)14-3-7-16(22)8-4-14/h3-11,13H,2,12H2,1H3,(H,24,26). The van der Waals surface area contributed by atoms with Crippen molar-refractivity contribution in [1.82, 2.24) is 9.55 Å². The summed E-state index contributed by atoms with van der Waals surface area (Å²) in [6.07, 6.45) is 1.33. The molecule has 0 fully saturated rings. The highest BCUT2D eigenvalue weighted by Crippen LogP contribution is 2.18. The van der Waals surface area contributed by atoms with Gasteiger partial charge in [0.25, 0.3) is 5.56 Å². The van der Waals surface area contributed by atoms with Crippen LogP contribution in [0.25, 0.3) is 11.3 Å². The smallest absolute Gasteiger partial charge is 0.338 e. The zero-order valence-corrected chi connectivity index (χ0v) is 16.3. The van der Waals surface area contributed by atoms with Gasteiger partial charge in [-0.1, -0.05) is 23.7 Å². The van der Waals surface area contributed by atoms with E-state index in [0.717, 1.165) is 5.56 Å². The molecule has 8 heteroatoms. The van der Waals surface area contributed by atoms with Crippen LogP contribution in [0.1, 0.15) is 17.3 Å². The average Bonchev–Trinajstić information content (AvgIpc) is 2.71. The van der Waals surface area contributed by atoms with Gasteiger partial charge in [-0.3, -0.25) is 14.2 Å². The van der Waals surface area contributed by atoms with Crippen LogP contribution < -0.4 is 10.9 Å². The highest BCUT2D eigenvalue weighted by molar-refractivity contribution is 6.30. The van der Waals surface area contributed by atoms with Gasteiger partial charge in [-0.15, -0.1) is 0 Å². The van der Waals surface area contributed by atoms with Crippen LogP contribution in [0.4, 0.5) is 5.69 Å². The molecule has 0 bridgehead atoms. The van der Waals surface area contributed by atoms with Crippen molar-refractivity contribution in [3.05, 3.63) is 81.9 Å². The predicted molar refractivity (Wildman–Crippen MR) is 110 cm³/mol. The molecule has 0 aliphatic rings. The first-order valence-electron chi connectivity index (χ1n) is 8.85. The topological polar surface area (TPSA) is 90.3 Å². The van der Waals surface area contributed by atoms with Crippen molar-refractivity contribution in [1.29, 1.82) is 0 Å². The van der Waals surface area contributed by atoms with E-state index in [4.69, 9.17) is 16.3 Å². The molecule has 0 saturated carbocycles. The van der Waals surface area contributed by atoms with E-state index >= 15 is 0 Å². The van der Waals surface area contributed by atoms with Crippen LogP contribution in [0.2, 0.25) is 5.02 Å². The number of nitrogens with zero attached hydrogens (tertiary/aromatic N) is 2. The summed E-state index contributed by atoms with van der Waals surface area (Å²) < 4.78 is 6.12. The Kier molecular flexibility index (Phi) is 6.41. The van der Waals surface area contributed by atoms with Gasteiger partial charge in [0, 0.05) is 22.3 Å². The van der Waals surface area contributed by atoms with Gasteiger partial charge >= 0.3 is 5.97 Å². The molecule has 1 aromatic heterocycles. The molecule has 0 spiro atoms. The number of ether oxygens (including phenoxy) is 1. The fourth-order valence-electron chi connectivity index (χ4n) is 2.58. The maximum atomic E-state index is 12.3. The number of aromatic nitrogens is 2. The van der Waals surface area contributed by atoms with Crippen LogP contribution >= 0.6 is 11.6 Å². The first-order chi connectivity index (χ1) is 14.0. The second-order valence-electron chi connectivity index (χ2n) is 6.09. The lowest BCUT2D eigenvalue weighted by molar-refractivity contribution is -0.116. The Hall–Kier alpha value is -3.45. The fourth-order valence-corrected chi connectivity index (χ4v) is 2.71. The van der Waals surface area contributed by atoms with Crippen LogP contribution in [-0.4, -0.2) is 28.0 Å². The molecule has 1 heterocycles. The maximum Gasteiger partial charge on any atom is 0.338 e. The third kappa shape index (κ3) is 5.30. The van der Waals surface area contributed by atoms with Crippen molar-refractivity contribution in [2.24, 2.45) is 0 Å². The van der Waals surface area contributed by atoms with Crippen molar-refractivity contribution < 1.29 is 14.3 Å². The lowest BCUT2D eigenvalue weighted by Crippen LogP contribution is -2.27. The van der Waals surface area contributed by atoms with Crippen LogP contribution in [0, 0.1) is 0 Å². The molecular weight excluding hydrogens is 394 g/mol. The minimum atomic E-state index is -0.427. The van der Waals surface area contributed by atoms with Gasteiger partial charge < -0.3 is 10.1 Å². The molecule has 3 rings (SSSR count). The largest absolute Gasteiger partial charge is 0.462 e. The molecule has 7 nitrogen and oxygen atoms in total. The SMILES string of the molecule is CCOC(=O)c1ccc(NC(=O)Cn2cnc(-c3ccc(Cl)cc3)cc2=O)cc1. The summed E-state index contributed by atoms with van der Waals surface area (Å²) in [4.78, 5) is 40.4. The van der Waals surface area contributed by atoms with E-state index in [2.05, 4.69) is 10.3 Å². The third-order valence-electron chi connectivity index (χ3n) is 4.01. The average molecular weight is 412 g/mol. The van der Waals surface area contributed by atoms with Gasteiger partial charge in [-0.2, -0.15) is 0 Å². The first kappa shape index (κ1) is 20.3. The van der Waals surface area contributed by atoms with Crippen LogP contribution in [0.15, 0.2) is 65.7 Å². The summed E-state index contributed by atoms with van der Waals surface area (Å²) in [7, 11) is 0. The number of carbonyl (C=O) groups is 2. The first-order valence-corrected chi connectivity index (χ1v) is 9.23. The summed E-state index contributed by atoms with van der Waals surface area (Å²) in [5.41, 5.74) is 1.80. The summed E-state index contributed by atoms with van der Waals surface area (Å²) in [5.74, 6) is -0.819. The maximum absolute atomic E-state index is 12.3. The van der Waals surface area contributed by atoms with E-state index in [9.17, 15) is 14.4 Å². The molecular formula is C21H18ClN3O4. The Bertz CT molecular complexity index is 1080. The highest BCUT2D eigenvalue weighted by Gasteiger charge is 2.09. The van der Waals surface area contributed by atoms with E-state index in [-0.39, 0.29) is 18.7 Å². The van der Waals surface area contributed by atoms with Gasteiger partial charge in [0.15, 0.2) is 0 Å². The lowest BCUT2D eigenvalue weighted by atomic mass is 10.1. The van der Waals surface area contributed by atoms with E-state index in [1.54, 1.807) is 55.5 Å². The van der Waals surface area contributed by atoms with Crippen LogP contribution in [0.5, 0.6) is 0 Å². The number of halogens is 1. The number of anilines is 1. The predicted octanol–water partition coefficient (Wildman–Crippen LogP) is 3.38. The van der Waals surface area contributed by atoms with Crippen molar-refractivity contribution >= 4 is 29.2 Å². The summed E-state index contributed by atoms with van der Waals surface area (Å²) in [6, 6.07) is 14.6. The molecule has 29 heavy (non-hydrogen) atoms. The van der Waals surface area contributed by atoms with Crippen LogP contribution in [0.3, 0.4) is 0 Å². The molecule has 3 aromatic rings. The van der Waals surface area contributed by atoms with Crippen molar-refractivity contribution in [3.8, 4) is 11.3 Å². The quantitative estimate of drug-likeness (QED) is 0.628. The minimum Gasteiger partial charge on any atom is -0.462 e. The zero-order valence-electron chi connectivity index (χ0n) is 15.6. The highest BCUT2D eigenvalue weighted by atomic mass is 35.5. The van der Waals surface area contributed by atoms with Crippen LogP contribution in [-0.2, 0) is 16.1 Å². The number of hydrogen-bond acceptors (Lipinski definition) is 5. The molecule has 148 valence electrons. The number of benzene rings is 2. The number of amides is 1. The minimum absolute atomic E-state index is 0.188. The van der Waals surface area contributed by atoms with Crippen molar-refractivity contribution in [2.75, 3.05) is 11.9 Å². The molecule has 2 aromatic carbocycles. The molecule has 1 amide bonds. The van der Waals surface area contributed by atoms with Gasteiger partial charge in [-0.25, -0.2) is 9.78 Å². The molecule has 0 saturated heterocycles. The third-order valence-corrected chi connectivity index (χ3v) is 4.27. The van der Waals surface area contributed by atoms with Gasteiger partial charge in [-0.05, 0) is 43.3 Å². The Morgan fingerprint density at radius 3 is 2.41 bits per heavy atom. The fraction of sp³-hybridized carbons (Fsp3) is 0.143. The number of esters is 1. The normalized spacial score (nSPS) is 10.4.